The smallest absolute Gasteiger partial charge is 0.253 e. The van der Waals surface area contributed by atoms with E-state index < -0.39 is 0 Å². The van der Waals surface area contributed by atoms with E-state index in [0.29, 0.717) is 12.5 Å². The van der Waals surface area contributed by atoms with Gasteiger partial charge in [0.25, 0.3) is 5.91 Å². The highest BCUT2D eigenvalue weighted by Gasteiger charge is 2.25. The van der Waals surface area contributed by atoms with Crippen LogP contribution in [0.4, 0.5) is 0 Å². The van der Waals surface area contributed by atoms with Crippen LogP contribution in [-0.2, 0) is 0 Å². The van der Waals surface area contributed by atoms with Gasteiger partial charge in [0.15, 0.2) is 0 Å². The van der Waals surface area contributed by atoms with Crippen molar-refractivity contribution in [1.29, 1.82) is 0 Å². The zero-order chi connectivity index (χ0) is 11.5. The number of nitrogens with two attached hydrogens (primary N) is 1. The number of likely N-dealkylation sites (tertiary alicyclic amines) is 1. The first-order valence-corrected chi connectivity index (χ1v) is 6.53. The van der Waals surface area contributed by atoms with Gasteiger partial charge in [-0.15, -0.1) is 12.4 Å². The van der Waals surface area contributed by atoms with Gasteiger partial charge in [-0.05, 0) is 65.7 Å². The number of carbonyl (C=O) groups is 1. The first-order valence-electron chi connectivity index (χ1n) is 5.45. The summed E-state index contributed by atoms with van der Waals surface area (Å²) in [5, 5.41) is 0. The predicted molar refractivity (Wildman–Crippen MR) is 79.5 cm³/mol. The molecule has 2 N–H and O–H groups in total. The van der Waals surface area contributed by atoms with Gasteiger partial charge in [-0.3, -0.25) is 4.79 Å². The molecular weight excluding hydrogens is 351 g/mol. The molecule has 1 amide bonds. The van der Waals surface area contributed by atoms with E-state index in [9.17, 15) is 4.79 Å². The lowest BCUT2D eigenvalue weighted by Crippen LogP contribution is -2.29. The summed E-state index contributed by atoms with van der Waals surface area (Å²) in [4.78, 5) is 14.0. The number of nitrogens with zero attached hydrogens (tertiary/aromatic N) is 1. The van der Waals surface area contributed by atoms with Crippen LogP contribution < -0.4 is 5.73 Å². The van der Waals surface area contributed by atoms with Gasteiger partial charge in [-0.25, -0.2) is 0 Å². The quantitative estimate of drug-likeness (QED) is 0.815. The van der Waals surface area contributed by atoms with Crippen LogP contribution in [0.25, 0.3) is 0 Å². The van der Waals surface area contributed by atoms with Crippen molar-refractivity contribution in [3.63, 3.8) is 0 Å². The molecule has 0 aliphatic carbocycles. The van der Waals surface area contributed by atoms with E-state index in [1.54, 1.807) is 0 Å². The summed E-state index contributed by atoms with van der Waals surface area (Å²) in [6.07, 6.45) is 1.03. The molecule has 0 aromatic heterocycles. The molecule has 2 rings (SSSR count). The van der Waals surface area contributed by atoms with Crippen molar-refractivity contribution in [3.05, 3.63) is 33.4 Å². The molecule has 5 heteroatoms. The second-order valence-corrected chi connectivity index (χ2v) is 5.39. The summed E-state index contributed by atoms with van der Waals surface area (Å²) >= 11 is 2.24. The van der Waals surface area contributed by atoms with E-state index in [-0.39, 0.29) is 18.3 Å². The minimum Gasteiger partial charge on any atom is -0.338 e. The van der Waals surface area contributed by atoms with Crippen molar-refractivity contribution in [3.8, 4) is 0 Å². The van der Waals surface area contributed by atoms with Gasteiger partial charge in [-0.1, -0.05) is 0 Å². The van der Waals surface area contributed by atoms with Crippen molar-refractivity contribution < 1.29 is 4.79 Å². The maximum Gasteiger partial charge on any atom is 0.253 e. The minimum absolute atomic E-state index is 0. The number of amides is 1. The van der Waals surface area contributed by atoms with Gasteiger partial charge in [0, 0.05) is 22.2 Å². The Bertz CT molecular complexity index is 383. The summed E-state index contributed by atoms with van der Waals surface area (Å²) in [6, 6.07) is 7.70. The van der Waals surface area contributed by atoms with Crippen molar-refractivity contribution in [1.82, 2.24) is 4.90 Å². The molecular formula is C12H16ClIN2O. The molecule has 3 nitrogen and oxygen atoms in total. The number of hydrogen-bond acceptors (Lipinski definition) is 2. The maximum atomic E-state index is 12.1. The van der Waals surface area contributed by atoms with E-state index in [1.807, 2.05) is 29.2 Å². The van der Waals surface area contributed by atoms with Crippen LogP contribution in [0.15, 0.2) is 24.3 Å². The number of carbonyl (C=O) groups excluding carboxylic acids is 1. The first kappa shape index (κ1) is 14.7. The molecule has 1 heterocycles. The van der Waals surface area contributed by atoms with Gasteiger partial charge in [0.05, 0.1) is 0 Å². The third-order valence-electron chi connectivity index (χ3n) is 3.00. The summed E-state index contributed by atoms with van der Waals surface area (Å²) in [5.74, 6) is 0.611. The van der Waals surface area contributed by atoms with Crippen molar-refractivity contribution in [2.45, 2.75) is 6.42 Å². The first-order chi connectivity index (χ1) is 7.70. The lowest BCUT2D eigenvalue weighted by Gasteiger charge is -2.16. The van der Waals surface area contributed by atoms with Crippen LogP contribution >= 0.6 is 35.0 Å². The molecule has 0 saturated carbocycles. The molecule has 94 valence electrons. The standard InChI is InChI=1S/C12H15IN2O.ClH/c13-11-3-1-10(2-4-11)12(16)15-6-5-9(7-14)8-15;/h1-4,9H,5-8,14H2;1H. The fourth-order valence-electron chi connectivity index (χ4n) is 1.98. The Morgan fingerprint density at radius 1 is 1.41 bits per heavy atom. The lowest BCUT2D eigenvalue weighted by molar-refractivity contribution is 0.0787. The summed E-state index contributed by atoms with van der Waals surface area (Å²) in [5.41, 5.74) is 6.39. The largest absolute Gasteiger partial charge is 0.338 e. The van der Waals surface area contributed by atoms with Crippen LogP contribution in [0.3, 0.4) is 0 Å². The van der Waals surface area contributed by atoms with E-state index in [2.05, 4.69) is 22.6 Å². The average molecular weight is 367 g/mol. The zero-order valence-electron chi connectivity index (χ0n) is 9.43. The monoisotopic (exact) mass is 366 g/mol. The summed E-state index contributed by atoms with van der Waals surface area (Å²) in [7, 11) is 0. The highest BCUT2D eigenvalue weighted by molar-refractivity contribution is 14.1. The highest BCUT2D eigenvalue weighted by Crippen LogP contribution is 2.18. The maximum absolute atomic E-state index is 12.1. The molecule has 1 aromatic rings. The van der Waals surface area contributed by atoms with Gasteiger partial charge in [0.1, 0.15) is 0 Å². The van der Waals surface area contributed by atoms with Crippen molar-refractivity contribution in [2.24, 2.45) is 11.7 Å². The van der Waals surface area contributed by atoms with Crippen LogP contribution in [0, 0.1) is 9.49 Å². The highest BCUT2D eigenvalue weighted by atomic mass is 127. The Morgan fingerprint density at radius 2 is 2.06 bits per heavy atom. The SMILES string of the molecule is Cl.NCC1CCN(C(=O)c2ccc(I)cc2)C1. The topological polar surface area (TPSA) is 46.3 Å². The van der Waals surface area contributed by atoms with E-state index in [1.165, 1.54) is 0 Å². The Kier molecular flexibility index (Phi) is 5.69. The second kappa shape index (κ2) is 6.56. The summed E-state index contributed by atoms with van der Waals surface area (Å²) < 4.78 is 1.15. The fraction of sp³-hybridized carbons (Fsp3) is 0.417. The molecule has 17 heavy (non-hydrogen) atoms. The molecule has 1 aliphatic heterocycles. The van der Waals surface area contributed by atoms with Gasteiger partial charge >= 0.3 is 0 Å². The molecule has 0 spiro atoms. The number of rotatable bonds is 2. The van der Waals surface area contributed by atoms with Crippen LogP contribution in [0.5, 0.6) is 0 Å². The Balaban J connectivity index is 0.00000144. The van der Waals surface area contributed by atoms with Crippen molar-refractivity contribution >= 4 is 40.9 Å². The Morgan fingerprint density at radius 3 is 2.59 bits per heavy atom. The number of hydrogen-bond donors (Lipinski definition) is 1. The Hall–Kier alpha value is -0.330. The van der Waals surface area contributed by atoms with E-state index >= 15 is 0 Å². The third-order valence-corrected chi connectivity index (χ3v) is 3.72. The number of benzene rings is 1. The average Bonchev–Trinajstić information content (AvgIpc) is 2.77. The molecule has 1 fully saturated rings. The molecule has 1 aromatic carbocycles. The van der Waals surface area contributed by atoms with Gasteiger partial charge in [0.2, 0.25) is 0 Å². The fourth-order valence-corrected chi connectivity index (χ4v) is 2.34. The molecule has 0 bridgehead atoms. The molecule has 1 atom stereocenters. The van der Waals surface area contributed by atoms with Crippen LogP contribution in [0.1, 0.15) is 16.8 Å². The number of halogens is 2. The third kappa shape index (κ3) is 3.56. The summed E-state index contributed by atoms with van der Waals surface area (Å²) in [6.45, 7) is 2.32. The van der Waals surface area contributed by atoms with Crippen LogP contribution in [-0.4, -0.2) is 30.4 Å². The molecule has 1 saturated heterocycles. The Labute approximate surface area is 121 Å². The zero-order valence-corrected chi connectivity index (χ0v) is 12.4. The molecule has 0 radical (unpaired) electrons. The minimum atomic E-state index is 0. The normalized spacial score (nSPS) is 18.9. The lowest BCUT2D eigenvalue weighted by atomic mass is 10.1. The van der Waals surface area contributed by atoms with Gasteiger partial charge < -0.3 is 10.6 Å². The van der Waals surface area contributed by atoms with E-state index in [4.69, 9.17) is 5.73 Å². The molecule has 1 unspecified atom stereocenters. The second-order valence-electron chi connectivity index (χ2n) is 4.15. The van der Waals surface area contributed by atoms with Crippen molar-refractivity contribution in [2.75, 3.05) is 19.6 Å². The van der Waals surface area contributed by atoms with Crippen LogP contribution in [0.2, 0.25) is 0 Å². The van der Waals surface area contributed by atoms with Gasteiger partial charge in [-0.2, -0.15) is 0 Å². The predicted octanol–water partition coefficient (Wildman–Crippen LogP) is 2.13. The van der Waals surface area contributed by atoms with E-state index in [0.717, 1.165) is 28.6 Å². The molecule has 1 aliphatic rings.